The van der Waals surface area contributed by atoms with Crippen LogP contribution >= 0.6 is 24.0 Å². The maximum absolute atomic E-state index is 9.17. The van der Waals surface area contributed by atoms with E-state index in [0.29, 0.717) is 10.2 Å². The Labute approximate surface area is 144 Å². The van der Waals surface area contributed by atoms with Crippen LogP contribution in [-0.4, -0.2) is 15.8 Å². The first kappa shape index (κ1) is 15.8. The zero-order valence-corrected chi connectivity index (χ0v) is 14.6. The first-order valence-corrected chi connectivity index (χ1v) is 8.31. The first-order valence-electron chi connectivity index (χ1n) is 7.09. The summed E-state index contributed by atoms with van der Waals surface area (Å²) >= 11 is 6.58. The van der Waals surface area contributed by atoms with Crippen LogP contribution in [0.15, 0.2) is 40.9 Å². The zero-order valence-electron chi connectivity index (χ0n) is 13.0. The van der Waals surface area contributed by atoms with E-state index in [1.807, 2.05) is 38.1 Å². The smallest absolute Gasteiger partial charge is 0.129 e. The van der Waals surface area contributed by atoms with Crippen LogP contribution in [0.3, 0.4) is 0 Å². The van der Waals surface area contributed by atoms with E-state index in [0.717, 1.165) is 26.8 Å². The Morgan fingerprint density at radius 2 is 2.09 bits per heavy atom. The number of nitrogens with one attached hydrogen (secondary N) is 1. The highest BCUT2D eigenvalue weighted by molar-refractivity contribution is 8.08. The van der Waals surface area contributed by atoms with Gasteiger partial charge in [-0.1, -0.05) is 24.0 Å². The number of ether oxygens (including phenoxy) is 1. The highest BCUT2D eigenvalue weighted by Crippen LogP contribution is 2.47. The molecule has 2 aromatic rings. The first-order chi connectivity index (χ1) is 10.9. The van der Waals surface area contributed by atoms with Gasteiger partial charge in [-0.3, -0.25) is 5.10 Å². The lowest BCUT2D eigenvalue weighted by atomic mass is 9.93. The van der Waals surface area contributed by atoms with Gasteiger partial charge in [-0.2, -0.15) is 10.4 Å². The topological polar surface area (TPSA) is 61.7 Å². The van der Waals surface area contributed by atoms with Gasteiger partial charge in [-0.15, -0.1) is 0 Å². The molecule has 4 nitrogen and oxygen atoms in total. The van der Waals surface area contributed by atoms with Gasteiger partial charge in [0.1, 0.15) is 21.0 Å². The molecule has 0 atom stereocenters. The number of nitriles is 1. The van der Waals surface area contributed by atoms with E-state index < -0.39 is 5.60 Å². The Morgan fingerprint density at radius 3 is 2.74 bits per heavy atom. The molecule has 6 heteroatoms. The number of fused-ring (bicyclic) bond motifs is 1. The van der Waals surface area contributed by atoms with Gasteiger partial charge in [0.15, 0.2) is 0 Å². The molecule has 23 heavy (non-hydrogen) atoms. The molecule has 0 amide bonds. The van der Waals surface area contributed by atoms with Crippen molar-refractivity contribution >= 4 is 28.9 Å². The largest absolute Gasteiger partial charge is 0.483 e. The van der Waals surface area contributed by atoms with Gasteiger partial charge < -0.3 is 4.74 Å². The van der Waals surface area contributed by atoms with Crippen molar-refractivity contribution in [2.45, 2.75) is 31.4 Å². The number of aromatic amines is 1. The molecule has 0 unspecified atom stereocenters. The number of hydrogen-bond donors (Lipinski definition) is 1. The van der Waals surface area contributed by atoms with Crippen molar-refractivity contribution in [2.75, 3.05) is 0 Å². The molecule has 2 heterocycles. The quantitative estimate of drug-likeness (QED) is 0.802. The van der Waals surface area contributed by atoms with Crippen LogP contribution in [0, 0.1) is 16.0 Å². The van der Waals surface area contributed by atoms with E-state index in [2.05, 4.69) is 23.2 Å². The molecule has 0 saturated heterocycles. The van der Waals surface area contributed by atoms with Gasteiger partial charge in [-0.25, -0.2) is 0 Å². The lowest BCUT2D eigenvalue weighted by Gasteiger charge is -2.35. The SMILES string of the molecule is CC1=C(Sc2ccc(=S)[nH]n2)c2cc(C#N)ccc2OC1(C)C. The summed E-state index contributed by atoms with van der Waals surface area (Å²) in [6.07, 6.45) is 0. The van der Waals surface area contributed by atoms with Crippen LogP contribution in [0.1, 0.15) is 31.9 Å². The van der Waals surface area contributed by atoms with Gasteiger partial charge in [0.05, 0.1) is 11.6 Å². The van der Waals surface area contributed by atoms with E-state index in [9.17, 15) is 5.26 Å². The summed E-state index contributed by atoms with van der Waals surface area (Å²) in [6, 6.07) is 11.4. The third-order valence-corrected chi connectivity index (χ3v) is 5.22. The summed E-state index contributed by atoms with van der Waals surface area (Å²) in [5.41, 5.74) is 2.23. The van der Waals surface area contributed by atoms with Crippen LogP contribution in [0.4, 0.5) is 0 Å². The molecule has 0 saturated carbocycles. The molecule has 1 aliphatic heterocycles. The van der Waals surface area contributed by atoms with Crippen molar-refractivity contribution in [2.24, 2.45) is 0 Å². The minimum absolute atomic E-state index is 0.412. The molecular weight excluding hydrogens is 326 g/mol. The fourth-order valence-corrected chi connectivity index (χ4v) is 3.54. The van der Waals surface area contributed by atoms with E-state index >= 15 is 0 Å². The molecular formula is C17H15N3OS2. The normalized spacial score (nSPS) is 15.6. The third kappa shape index (κ3) is 3.03. The molecule has 1 aromatic heterocycles. The highest BCUT2D eigenvalue weighted by Gasteiger charge is 2.33. The second-order valence-corrected chi connectivity index (χ2v) is 7.22. The molecule has 1 N–H and O–H groups in total. The van der Waals surface area contributed by atoms with Crippen molar-refractivity contribution in [3.63, 3.8) is 0 Å². The second-order valence-electron chi connectivity index (χ2n) is 5.75. The minimum Gasteiger partial charge on any atom is -0.483 e. The van der Waals surface area contributed by atoms with E-state index in [1.54, 1.807) is 17.8 Å². The Kier molecular flexibility index (Phi) is 4.00. The standard InChI is InChI=1S/C17H15N3OS2/c1-10-16(23-15-7-6-14(22)19-20-15)12-8-11(9-18)4-5-13(12)21-17(10,2)3/h4-8H,1-3H3,(H,19,22). The molecule has 0 bridgehead atoms. The third-order valence-electron chi connectivity index (χ3n) is 3.82. The summed E-state index contributed by atoms with van der Waals surface area (Å²) in [5.74, 6) is 0.783. The average molecular weight is 341 g/mol. The van der Waals surface area contributed by atoms with Crippen LogP contribution in [0.5, 0.6) is 5.75 Å². The number of aromatic nitrogens is 2. The molecule has 0 spiro atoms. The van der Waals surface area contributed by atoms with Crippen molar-refractivity contribution in [1.29, 1.82) is 5.26 Å². The number of H-pyrrole nitrogens is 1. The maximum Gasteiger partial charge on any atom is 0.129 e. The number of thioether (sulfide) groups is 1. The van der Waals surface area contributed by atoms with Crippen LogP contribution in [0.25, 0.3) is 4.91 Å². The van der Waals surface area contributed by atoms with Crippen LogP contribution in [0.2, 0.25) is 0 Å². The second kappa shape index (κ2) is 5.84. The van der Waals surface area contributed by atoms with Crippen molar-refractivity contribution in [1.82, 2.24) is 10.2 Å². The van der Waals surface area contributed by atoms with Crippen LogP contribution in [-0.2, 0) is 0 Å². The summed E-state index contributed by atoms with van der Waals surface area (Å²) in [4.78, 5) is 1.06. The average Bonchev–Trinajstić information content (AvgIpc) is 2.53. The predicted octanol–water partition coefficient (Wildman–Crippen LogP) is 4.71. The lowest BCUT2D eigenvalue weighted by Crippen LogP contribution is -2.33. The number of benzene rings is 1. The van der Waals surface area contributed by atoms with E-state index in [1.165, 1.54) is 0 Å². The molecule has 0 fully saturated rings. The number of nitrogens with zero attached hydrogens (tertiary/aromatic N) is 2. The maximum atomic E-state index is 9.17. The number of hydrogen-bond acceptors (Lipinski definition) is 5. The molecule has 116 valence electrons. The number of rotatable bonds is 2. The summed E-state index contributed by atoms with van der Waals surface area (Å²) < 4.78 is 6.69. The zero-order chi connectivity index (χ0) is 16.6. The molecule has 0 aliphatic carbocycles. The van der Waals surface area contributed by atoms with Gasteiger partial charge in [-0.05, 0) is 56.7 Å². The van der Waals surface area contributed by atoms with Gasteiger partial charge in [0.2, 0.25) is 0 Å². The highest BCUT2D eigenvalue weighted by atomic mass is 32.2. The summed E-state index contributed by atoms with van der Waals surface area (Å²) in [5, 5.41) is 17.1. The predicted molar refractivity (Wildman–Crippen MR) is 93.7 cm³/mol. The summed E-state index contributed by atoms with van der Waals surface area (Å²) in [7, 11) is 0. The Balaban J connectivity index is 2.13. The fourth-order valence-electron chi connectivity index (χ4n) is 2.32. The molecule has 1 aromatic carbocycles. The summed E-state index contributed by atoms with van der Waals surface area (Å²) in [6.45, 7) is 6.13. The minimum atomic E-state index is -0.412. The van der Waals surface area contributed by atoms with Crippen molar-refractivity contribution in [3.05, 3.63) is 51.7 Å². The molecule has 1 aliphatic rings. The Morgan fingerprint density at radius 1 is 1.30 bits per heavy atom. The van der Waals surface area contributed by atoms with Gasteiger partial charge in [0, 0.05) is 10.5 Å². The fraction of sp³-hybridized carbons (Fsp3) is 0.235. The Bertz CT molecular complexity index is 886. The lowest BCUT2D eigenvalue weighted by molar-refractivity contribution is 0.145. The Hall–Kier alpha value is -2.10. The van der Waals surface area contributed by atoms with Crippen LogP contribution < -0.4 is 4.74 Å². The van der Waals surface area contributed by atoms with Gasteiger partial charge in [0.25, 0.3) is 0 Å². The van der Waals surface area contributed by atoms with E-state index in [4.69, 9.17) is 17.0 Å². The van der Waals surface area contributed by atoms with Crippen molar-refractivity contribution < 1.29 is 4.74 Å². The molecule has 0 radical (unpaired) electrons. The van der Waals surface area contributed by atoms with E-state index in [-0.39, 0.29) is 0 Å². The van der Waals surface area contributed by atoms with Gasteiger partial charge >= 0.3 is 0 Å². The van der Waals surface area contributed by atoms with Crippen molar-refractivity contribution in [3.8, 4) is 11.8 Å². The monoisotopic (exact) mass is 341 g/mol. The molecule has 3 rings (SSSR count).